The Bertz CT molecular complexity index is 232. The Balaban J connectivity index is 2.09. The van der Waals surface area contributed by atoms with Crippen molar-refractivity contribution in [2.75, 3.05) is 6.54 Å². The van der Waals surface area contributed by atoms with Crippen LogP contribution in [-0.4, -0.2) is 17.7 Å². The van der Waals surface area contributed by atoms with E-state index in [2.05, 4.69) is 10.3 Å². The van der Waals surface area contributed by atoms with Gasteiger partial charge in [0, 0.05) is 18.5 Å². The van der Waals surface area contributed by atoms with Gasteiger partial charge in [0.1, 0.15) is 0 Å². The zero-order valence-electron chi connectivity index (χ0n) is 6.77. The minimum atomic E-state index is -4.07. The number of aromatic nitrogens is 1. The third kappa shape index (κ3) is 4.84. The molecule has 74 valence electrons. The summed E-state index contributed by atoms with van der Waals surface area (Å²) >= 11 is 1.43. The van der Waals surface area contributed by atoms with Gasteiger partial charge in [0.25, 0.3) is 0 Å². The van der Waals surface area contributed by atoms with Gasteiger partial charge in [-0.05, 0) is 0 Å². The van der Waals surface area contributed by atoms with Crippen LogP contribution in [0.4, 0.5) is 13.2 Å². The predicted octanol–water partition coefficient (Wildman–Crippen LogP) is 2.19. The molecule has 2 nitrogen and oxygen atoms in total. The Morgan fingerprint density at radius 1 is 1.46 bits per heavy atom. The number of alkyl halides is 3. The zero-order chi connectivity index (χ0) is 9.73. The van der Waals surface area contributed by atoms with Crippen molar-refractivity contribution < 1.29 is 13.2 Å². The highest BCUT2D eigenvalue weighted by atomic mass is 32.1. The minimum Gasteiger partial charge on any atom is -0.311 e. The molecule has 0 aromatic carbocycles. The number of rotatable bonds is 4. The summed E-state index contributed by atoms with van der Waals surface area (Å²) in [4.78, 5) is 3.92. The summed E-state index contributed by atoms with van der Waals surface area (Å²) < 4.78 is 35.0. The lowest BCUT2D eigenvalue weighted by Crippen LogP contribution is -2.21. The molecule has 1 N–H and O–H groups in total. The normalized spacial score (nSPS) is 11.9. The third-order valence-electron chi connectivity index (χ3n) is 1.37. The SMILES string of the molecule is FC(F)(F)CCNCc1cscn1. The van der Waals surface area contributed by atoms with E-state index in [1.807, 2.05) is 0 Å². The van der Waals surface area contributed by atoms with E-state index in [1.54, 1.807) is 10.9 Å². The molecule has 0 saturated carbocycles. The van der Waals surface area contributed by atoms with E-state index in [0.29, 0.717) is 6.54 Å². The van der Waals surface area contributed by atoms with Crippen LogP contribution in [-0.2, 0) is 6.54 Å². The van der Waals surface area contributed by atoms with Gasteiger partial charge >= 0.3 is 6.18 Å². The molecule has 1 aromatic heterocycles. The Morgan fingerprint density at radius 3 is 2.77 bits per heavy atom. The number of nitrogens with one attached hydrogen (secondary N) is 1. The van der Waals surface area contributed by atoms with E-state index in [-0.39, 0.29) is 6.54 Å². The fourth-order valence-electron chi connectivity index (χ4n) is 0.771. The largest absolute Gasteiger partial charge is 0.390 e. The van der Waals surface area contributed by atoms with Gasteiger partial charge in [-0.15, -0.1) is 11.3 Å². The molecule has 1 aromatic rings. The zero-order valence-corrected chi connectivity index (χ0v) is 7.58. The van der Waals surface area contributed by atoms with Crippen LogP contribution >= 0.6 is 11.3 Å². The van der Waals surface area contributed by atoms with E-state index < -0.39 is 12.6 Å². The minimum absolute atomic E-state index is 0.0545. The number of hydrogen-bond acceptors (Lipinski definition) is 3. The first-order valence-electron chi connectivity index (χ1n) is 3.72. The van der Waals surface area contributed by atoms with Gasteiger partial charge in [0.15, 0.2) is 0 Å². The van der Waals surface area contributed by atoms with Crippen molar-refractivity contribution in [3.8, 4) is 0 Å². The molecule has 0 radical (unpaired) electrons. The van der Waals surface area contributed by atoms with Crippen molar-refractivity contribution in [3.63, 3.8) is 0 Å². The van der Waals surface area contributed by atoms with Crippen molar-refractivity contribution in [1.29, 1.82) is 0 Å². The van der Waals surface area contributed by atoms with Crippen LogP contribution in [0.5, 0.6) is 0 Å². The van der Waals surface area contributed by atoms with Gasteiger partial charge in [0.2, 0.25) is 0 Å². The molecule has 0 aliphatic heterocycles. The standard InChI is InChI=1S/C7H9F3N2S/c8-7(9,10)1-2-11-3-6-4-13-5-12-6/h4-5,11H,1-3H2. The van der Waals surface area contributed by atoms with E-state index in [0.717, 1.165) is 5.69 Å². The molecule has 1 heterocycles. The highest BCUT2D eigenvalue weighted by Gasteiger charge is 2.25. The highest BCUT2D eigenvalue weighted by molar-refractivity contribution is 7.07. The summed E-state index contributed by atoms with van der Waals surface area (Å²) in [5, 5.41) is 4.47. The first kappa shape index (κ1) is 10.5. The van der Waals surface area contributed by atoms with Crippen LogP contribution in [0.3, 0.4) is 0 Å². The molecule has 0 amide bonds. The molecule has 0 bridgehead atoms. The lowest BCUT2D eigenvalue weighted by molar-refractivity contribution is -0.133. The quantitative estimate of drug-likeness (QED) is 0.770. The molecule has 0 atom stereocenters. The van der Waals surface area contributed by atoms with Gasteiger partial charge in [-0.1, -0.05) is 0 Å². The van der Waals surface area contributed by atoms with E-state index in [9.17, 15) is 13.2 Å². The molecule has 0 aliphatic rings. The van der Waals surface area contributed by atoms with Crippen LogP contribution in [0.2, 0.25) is 0 Å². The van der Waals surface area contributed by atoms with E-state index >= 15 is 0 Å². The average Bonchev–Trinajstić information content (AvgIpc) is 2.48. The van der Waals surface area contributed by atoms with E-state index in [4.69, 9.17) is 0 Å². The number of hydrogen-bond donors (Lipinski definition) is 1. The Hall–Kier alpha value is -0.620. The smallest absolute Gasteiger partial charge is 0.311 e. The summed E-state index contributed by atoms with van der Waals surface area (Å²) in [6.07, 6.45) is -4.87. The van der Waals surface area contributed by atoms with Crippen LogP contribution in [0, 0.1) is 0 Å². The first-order chi connectivity index (χ1) is 6.08. The lowest BCUT2D eigenvalue weighted by Gasteiger charge is -2.05. The number of halogens is 3. The molecule has 1 rings (SSSR count). The first-order valence-corrected chi connectivity index (χ1v) is 4.67. The van der Waals surface area contributed by atoms with Crippen molar-refractivity contribution in [2.24, 2.45) is 0 Å². The molecular weight excluding hydrogens is 201 g/mol. The maximum absolute atomic E-state index is 11.7. The lowest BCUT2D eigenvalue weighted by atomic mass is 10.4. The van der Waals surface area contributed by atoms with Gasteiger partial charge in [-0.3, -0.25) is 0 Å². The molecule has 0 saturated heterocycles. The molecule has 13 heavy (non-hydrogen) atoms. The second kappa shape index (κ2) is 4.57. The summed E-state index contributed by atoms with van der Waals surface area (Å²) in [5.41, 5.74) is 2.44. The molecule has 0 aliphatic carbocycles. The van der Waals surface area contributed by atoms with Crippen molar-refractivity contribution >= 4 is 11.3 Å². The highest BCUT2D eigenvalue weighted by Crippen LogP contribution is 2.18. The topological polar surface area (TPSA) is 24.9 Å². The van der Waals surface area contributed by atoms with Crippen molar-refractivity contribution in [2.45, 2.75) is 19.1 Å². The van der Waals surface area contributed by atoms with Crippen LogP contribution < -0.4 is 5.32 Å². The van der Waals surface area contributed by atoms with Crippen molar-refractivity contribution in [3.05, 3.63) is 16.6 Å². The fourth-order valence-corrected chi connectivity index (χ4v) is 1.33. The average molecular weight is 210 g/mol. The third-order valence-corrected chi connectivity index (χ3v) is 2.01. The maximum atomic E-state index is 11.7. The second-order valence-electron chi connectivity index (χ2n) is 2.52. The van der Waals surface area contributed by atoms with Crippen LogP contribution in [0.1, 0.15) is 12.1 Å². The van der Waals surface area contributed by atoms with Gasteiger partial charge in [-0.25, -0.2) is 4.98 Å². The Labute approximate surface area is 77.8 Å². The summed E-state index contributed by atoms with van der Waals surface area (Å²) in [6, 6.07) is 0. The maximum Gasteiger partial charge on any atom is 0.390 e. The number of thiazole rings is 1. The van der Waals surface area contributed by atoms with Crippen molar-refractivity contribution in [1.82, 2.24) is 10.3 Å². The van der Waals surface area contributed by atoms with Crippen LogP contribution in [0.15, 0.2) is 10.9 Å². The van der Waals surface area contributed by atoms with Gasteiger partial charge in [0.05, 0.1) is 17.6 Å². The number of nitrogens with zero attached hydrogens (tertiary/aromatic N) is 1. The second-order valence-corrected chi connectivity index (χ2v) is 3.24. The summed E-state index contributed by atoms with van der Waals surface area (Å²) in [5.74, 6) is 0. The predicted molar refractivity (Wildman–Crippen MR) is 44.5 cm³/mol. The Morgan fingerprint density at radius 2 is 2.23 bits per heavy atom. The molecule has 0 spiro atoms. The molecule has 6 heteroatoms. The fraction of sp³-hybridized carbons (Fsp3) is 0.571. The summed E-state index contributed by atoms with van der Waals surface area (Å²) in [6.45, 7) is 0.348. The summed E-state index contributed by atoms with van der Waals surface area (Å²) in [7, 11) is 0. The van der Waals surface area contributed by atoms with E-state index in [1.165, 1.54) is 11.3 Å². The van der Waals surface area contributed by atoms with Gasteiger partial charge in [-0.2, -0.15) is 13.2 Å². The Kier molecular flexibility index (Phi) is 3.68. The van der Waals surface area contributed by atoms with Gasteiger partial charge < -0.3 is 5.32 Å². The molecule has 0 unspecified atom stereocenters. The molecular formula is C7H9F3N2S. The van der Waals surface area contributed by atoms with Crippen LogP contribution in [0.25, 0.3) is 0 Å². The molecule has 0 fully saturated rings. The monoisotopic (exact) mass is 210 g/mol.